The van der Waals surface area contributed by atoms with E-state index < -0.39 is 0 Å². The summed E-state index contributed by atoms with van der Waals surface area (Å²) in [5, 5.41) is 0.344. The maximum atomic E-state index is 10.8. The van der Waals surface area contributed by atoms with Crippen molar-refractivity contribution in [1.82, 2.24) is 0 Å². The minimum Gasteiger partial charge on any atom is -0.468 e. The number of hydrogen-bond acceptors (Lipinski definition) is 4. The Bertz CT molecular complexity index is 191. The third-order valence-electron chi connectivity index (χ3n) is 1.87. The molecule has 1 unspecified atom stereocenters. The molecule has 0 N–H and O–H groups in total. The third-order valence-corrected chi connectivity index (χ3v) is 3.14. The summed E-state index contributed by atoms with van der Waals surface area (Å²) in [7, 11) is 1.38. The lowest BCUT2D eigenvalue weighted by Gasteiger charge is -2.05. The average molecular weight is 188 g/mol. The molecule has 1 atom stereocenters. The molecule has 1 aliphatic carbocycles. The molecule has 12 heavy (non-hydrogen) atoms. The topological polar surface area (TPSA) is 43.4 Å². The lowest BCUT2D eigenvalue weighted by atomic mass is 10.4. The van der Waals surface area contributed by atoms with Crippen LogP contribution in [0.4, 0.5) is 0 Å². The van der Waals surface area contributed by atoms with Gasteiger partial charge in [-0.25, -0.2) is 0 Å². The van der Waals surface area contributed by atoms with Crippen LogP contribution >= 0.6 is 11.8 Å². The number of carbonyl (C=O) groups is 2. The first-order valence-electron chi connectivity index (χ1n) is 3.92. The maximum absolute atomic E-state index is 10.8. The molecule has 0 saturated heterocycles. The number of carbonyl (C=O) groups excluding carboxylic acids is 2. The van der Waals surface area contributed by atoms with Gasteiger partial charge in [0, 0.05) is 18.1 Å². The van der Waals surface area contributed by atoms with E-state index in [1.165, 1.54) is 18.9 Å². The molecule has 1 fully saturated rings. The molecule has 0 spiro atoms. The highest BCUT2D eigenvalue weighted by Crippen LogP contribution is 2.26. The van der Waals surface area contributed by atoms with E-state index in [1.54, 1.807) is 0 Å². The Labute approximate surface area is 75.8 Å². The van der Waals surface area contributed by atoms with Crippen molar-refractivity contribution in [3.8, 4) is 0 Å². The third kappa shape index (κ3) is 2.85. The van der Waals surface area contributed by atoms with Crippen molar-refractivity contribution in [2.24, 2.45) is 0 Å². The molecule has 1 saturated carbocycles. The van der Waals surface area contributed by atoms with E-state index >= 15 is 0 Å². The van der Waals surface area contributed by atoms with E-state index in [1.807, 2.05) is 0 Å². The molecule has 1 aliphatic rings. The lowest BCUT2D eigenvalue weighted by Crippen LogP contribution is -2.07. The second-order valence-electron chi connectivity index (χ2n) is 2.79. The number of methoxy groups -OCH3 is 1. The van der Waals surface area contributed by atoms with Crippen LogP contribution < -0.4 is 0 Å². The van der Waals surface area contributed by atoms with E-state index in [0.717, 1.165) is 6.42 Å². The molecule has 0 aromatic rings. The summed E-state index contributed by atoms with van der Waals surface area (Å²) in [5.41, 5.74) is 0. The fraction of sp³-hybridized carbons (Fsp3) is 0.750. The van der Waals surface area contributed by atoms with Crippen molar-refractivity contribution in [1.29, 1.82) is 0 Å². The van der Waals surface area contributed by atoms with Crippen molar-refractivity contribution in [2.75, 3.05) is 12.9 Å². The van der Waals surface area contributed by atoms with Crippen LogP contribution in [0.25, 0.3) is 0 Å². The quantitative estimate of drug-likeness (QED) is 0.620. The standard InChI is InChI=1S/C8H12O3S/c1-11-8(10)5-12-7-3-2-6(9)4-7/h7H,2-5H2,1H3. The monoisotopic (exact) mass is 188 g/mol. The Balaban J connectivity index is 2.16. The highest BCUT2D eigenvalue weighted by atomic mass is 32.2. The van der Waals surface area contributed by atoms with Crippen LogP contribution in [-0.4, -0.2) is 29.9 Å². The first-order chi connectivity index (χ1) is 5.72. The van der Waals surface area contributed by atoms with Gasteiger partial charge in [0.1, 0.15) is 5.78 Å². The number of ether oxygens (including phenoxy) is 1. The van der Waals surface area contributed by atoms with Crippen molar-refractivity contribution >= 4 is 23.5 Å². The first-order valence-corrected chi connectivity index (χ1v) is 4.97. The van der Waals surface area contributed by atoms with Crippen molar-refractivity contribution in [3.63, 3.8) is 0 Å². The largest absolute Gasteiger partial charge is 0.468 e. The molecular formula is C8H12O3S. The smallest absolute Gasteiger partial charge is 0.315 e. The van der Waals surface area contributed by atoms with Crippen molar-refractivity contribution in [3.05, 3.63) is 0 Å². The second kappa shape index (κ2) is 4.50. The summed E-state index contributed by atoms with van der Waals surface area (Å²) >= 11 is 1.53. The fourth-order valence-corrected chi connectivity index (χ4v) is 2.25. The summed E-state index contributed by atoms with van der Waals surface area (Å²) < 4.78 is 4.49. The molecule has 0 aromatic carbocycles. The van der Waals surface area contributed by atoms with E-state index in [2.05, 4.69) is 4.74 Å². The summed E-state index contributed by atoms with van der Waals surface area (Å²) in [6.45, 7) is 0. The Hall–Kier alpha value is -0.510. The predicted molar refractivity (Wildman–Crippen MR) is 47.1 cm³/mol. The van der Waals surface area contributed by atoms with Gasteiger partial charge in [0.15, 0.2) is 0 Å². The summed E-state index contributed by atoms with van der Waals surface area (Å²) in [4.78, 5) is 21.6. The van der Waals surface area contributed by atoms with Gasteiger partial charge < -0.3 is 4.74 Å². The fourth-order valence-electron chi connectivity index (χ4n) is 1.17. The number of esters is 1. The minimum absolute atomic E-state index is 0.209. The lowest BCUT2D eigenvalue weighted by molar-refractivity contribution is -0.137. The number of rotatable bonds is 3. The number of ketones is 1. The van der Waals surface area contributed by atoms with Crippen molar-refractivity contribution < 1.29 is 14.3 Å². The van der Waals surface area contributed by atoms with Crippen LogP contribution in [0.1, 0.15) is 19.3 Å². The highest BCUT2D eigenvalue weighted by molar-refractivity contribution is 8.00. The minimum atomic E-state index is -0.209. The van der Waals surface area contributed by atoms with Crippen LogP contribution in [0.5, 0.6) is 0 Å². The van der Waals surface area contributed by atoms with Gasteiger partial charge in [-0.3, -0.25) is 9.59 Å². The van der Waals surface area contributed by atoms with Crippen LogP contribution in [0.3, 0.4) is 0 Å². The van der Waals surface area contributed by atoms with Crippen LogP contribution in [-0.2, 0) is 14.3 Å². The molecule has 68 valence electrons. The van der Waals surface area contributed by atoms with Gasteiger partial charge in [0.2, 0.25) is 0 Å². The van der Waals surface area contributed by atoms with Gasteiger partial charge in [-0.2, -0.15) is 0 Å². The number of thioether (sulfide) groups is 1. The molecule has 0 radical (unpaired) electrons. The van der Waals surface area contributed by atoms with E-state index in [4.69, 9.17) is 0 Å². The summed E-state index contributed by atoms with van der Waals surface area (Å²) in [5.74, 6) is 0.478. The van der Waals surface area contributed by atoms with Crippen LogP contribution in [0.2, 0.25) is 0 Å². The summed E-state index contributed by atoms with van der Waals surface area (Å²) in [6.07, 6.45) is 2.22. The number of Topliss-reactive ketones (excluding diaryl/α,β-unsaturated/α-hetero) is 1. The molecule has 0 bridgehead atoms. The van der Waals surface area contributed by atoms with Gasteiger partial charge in [0.05, 0.1) is 12.9 Å². The van der Waals surface area contributed by atoms with Crippen LogP contribution in [0, 0.1) is 0 Å². The molecule has 3 nitrogen and oxygen atoms in total. The highest BCUT2D eigenvalue weighted by Gasteiger charge is 2.22. The van der Waals surface area contributed by atoms with E-state index in [-0.39, 0.29) is 5.97 Å². The van der Waals surface area contributed by atoms with Crippen LogP contribution in [0.15, 0.2) is 0 Å². The molecule has 0 aromatic heterocycles. The zero-order chi connectivity index (χ0) is 8.97. The van der Waals surface area contributed by atoms with Crippen molar-refractivity contribution in [2.45, 2.75) is 24.5 Å². The SMILES string of the molecule is COC(=O)CSC1CCC(=O)C1. The number of hydrogen-bond donors (Lipinski definition) is 0. The Kier molecular flexibility index (Phi) is 3.59. The van der Waals surface area contributed by atoms with E-state index in [0.29, 0.717) is 29.6 Å². The van der Waals surface area contributed by atoms with Gasteiger partial charge in [-0.05, 0) is 6.42 Å². The van der Waals surface area contributed by atoms with Gasteiger partial charge in [-0.15, -0.1) is 11.8 Å². The maximum Gasteiger partial charge on any atom is 0.315 e. The Morgan fingerprint density at radius 3 is 3.00 bits per heavy atom. The molecule has 1 rings (SSSR count). The molecule has 0 aliphatic heterocycles. The second-order valence-corrected chi connectivity index (χ2v) is 4.08. The first kappa shape index (κ1) is 9.58. The summed E-state index contributed by atoms with van der Waals surface area (Å²) in [6, 6.07) is 0. The molecule has 0 amide bonds. The van der Waals surface area contributed by atoms with Gasteiger partial charge in [0.25, 0.3) is 0 Å². The van der Waals surface area contributed by atoms with Gasteiger partial charge in [-0.1, -0.05) is 0 Å². The van der Waals surface area contributed by atoms with Gasteiger partial charge >= 0.3 is 5.97 Å². The molecular weight excluding hydrogens is 176 g/mol. The molecule has 4 heteroatoms. The Morgan fingerprint density at radius 1 is 1.75 bits per heavy atom. The molecule has 0 heterocycles. The normalized spacial score (nSPS) is 22.8. The Morgan fingerprint density at radius 2 is 2.50 bits per heavy atom. The zero-order valence-corrected chi connectivity index (χ0v) is 7.86. The zero-order valence-electron chi connectivity index (χ0n) is 7.04. The predicted octanol–water partition coefficient (Wildman–Crippen LogP) is 1.01. The average Bonchev–Trinajstić information content (AvgIpc) is 2.47. The van der Waals surface area contributed by atoms with E-state index in [9.17, 15) is 9.59 Å².